The first-order valence-electron chi connectivity index (χ1n) is 13.0. The maximum absolute atomic E-state index is 13.7. The van der Waals surface area contributed by atoms with Crippen molar-refractivity contribution in [2.45, 2.75) is 80.6 Å². The number of nitrogens with zero attached hydrogens (tertiary/aromatic N) is 1. The number of nitrogens with one attached hydrogen (secondary N) is 2. The zero-order valence-corrected chi connectivity index (χ0v) is 23.1. The smallest absolute Gasteiger partial charge is 0.407 e. The van der Waals surface area contributed by atoms with Crippen LogP contribution in [0, 0.1) is 5.82 Å². The van der Waals surface area contributed by atoms with E-state index in [0.29, 0.717) is 29.8 Å². The van der Waals surface area contributed by atoms with Crippen LogP contribution in [0.4, 0.5) is 20.6 Å². The van der Waals surface area contributed by atoms with Gasteiger partial charge in [-0.25, -0.2) is 22.6 Å². The largest absolute Gasteiger partial charge is 0.447 e. The summed E-state index contributed by atoms with van der Waals surface area (Å²) in [5, 5.41) is 6.70. The second-order valence-corrected chi connectivity index (χ2v) is 13.6. The van der Waals surface area contributed by atoms with Crippen molar-refractivity contribution in [3.63, 3.8) is 0 Å². The van der Waals surface area contributed by atoms with Crippen molar-refractivity contribution in [2.75, 3.05) is 5.32 Å². The van der Waals surface area contributed by atoms with Crippen LogP contribution in [0.5, 0.6) is 0 Å². The third-order valence-corrected chi connectivity index (χ3v) is 10.4. The number of aromatic nitrogens is 1. The zero-order valence-electron chi connectivity index (χ0n) is 21.4. The van der Waals surface area contributed by atoms with Gasteiger partial charge in [-0.3, -0.25) is 0 Å². The van der Waals surface area contributed by atoms with E-state index in [4.69, 9.17) is 4.74 Å². The molecule has 2 N–H and O–H groups in total. The third-order valence-electron chi connectivity index (χ3n) is 6.89. The van der Waals surface area contributed by atoms with Crippen LogP contribution in [0.3, 0.4) is 0 Å². The molecule has 38 heavy (non-hydrogen) atoms. The van der Waals surface area contributed by atoms with E-state index in [1.165, 1.54) is 23.5 Å². The molecule has 2 fully saturated rings. The maximum Gasteiger partial charge on any atom is 0.407 e. The number of anilines is 2. The molecule has 1 aromatic heterocycles. The Morgan fingerprint density at radius 1 is 1.05 bits per heavy atom. The lowest BCUT2D eigenvalue weighted by Gasteiger charge is -2.28. The van der Waals surface area contributed by atoms with Crippen molar-refractivity contribution < 1.29 is 22.3 Å². The van der Waals surface area contributed by atoms with Crippen LogP contribution in [0.15, 0.2) is 53.6 Å². The molecule has 0 spiro atoms. The summed E-state index contributed by atoms with van der Waals surface area (Å²) >= 11 is 1.53. The summed E-state index contributed by atoms with van der Waals surface area (Å²) < 4.78 is 45.6. The quantitative estimate of drug-likeness (QED) is 0.317. The number of carbonyl (C=O) groups excluding carboxylic acids is 1. The second-order valence-electron chi connectivity index (χ2n) is 10.3. The number of ether oxygens (including phenoxy) is 1. The highest BCUT2D eigenvalue weighted by atomic mass is 32.2. The molecule has 0 bridgehead atoms. The summed E-state index contributed by atoms with van der Waals surface area (Å²) in [5.74, 6) is -0.0970. The predicted octanol–water partition coefficient (Wildman–Crippen LogP) is 6.79. The number of sulfone groups is 1. The number of thiazole rings is 1. The minimum Gasteiger partial charge on any atom is -0.447 e. The first-order chi connectivity index (χ1) is 18.2. The Hall–Kier alpha value is -2.98. The highest BCUT2D eigenvalue weighted by molar-refractivity contribution is 7.92. The van der Waals surface area contributed by atoms with Gasteiger partial charge >= 0.3 is 6.09 Å². The molecular formula is C28H32FN3O4S2. The van der Waals surface area contributed by atoms with E-state index < -0.39 is 9.84 Å². The standard InChI is InChI=1S/C28H32FN3O4S2/c1-17(2)36-28(33)32-20-8-6-18(7-9-20)27-30-16-25(37-27)24-13-10-22(31-21-5-3-4-19(29)14-21)15-26(24)38(34,35)23-11-12-23/h3-5,10,13-18,20,23,31H,6-9,11-12H2,1-2H3,(H,32,33). The van der Waals surface area contributed by atoms with Crippen molar-refractivity contribution in [1.29, 1.82) is 0 Å². The zero-order chi connectivity index (χ0) is 26.9. The van der Waals surface area contributed by atoms with E-state index in [1.807, 2.05) is 26.0 Å². The lowest BCUT2D eigenvalue weighted by atomic mass is 9.86. The SMILES string of the molecule is CC(C)OC(=O)NC1CCC(c2ncc(-c3ccc(Nc4cccc(F)c4)cc3S(=O)(=O)C3CC3)s2)CC1. The molecule has 0 radical (unpaired) electrons. The summed E-state index contributed by atoms with van der Waals surface area (Å²) in [4.78, 5) is 17.7. The van der Waals surface area contributed by atoms with Crippen LogP contribution in [0.1, 0.15) is 63.3 Å². The Kier molecular flexibility index (Phi) is 7.72. The summed E-state index contributed by atoms with van der Waals surface area (Å²) in [5.41, 5.74) is 1.79. The lowest BCUT2D eigenvalue weighted by Crippen LogP contribution is -2.38. The van der Waals surface area contributed by atoms with Crippen LogP contribution >= 0.6 is 11.3 Å². The molecule has 2 aliphatic carbocycles. The van der Waals surface area contributed by atoms with Gasteiger partial charge in [0.15, 0.2) is 9.84 Å². The molecule has 7 nitrogen and oxygen atoms in total. The van der Waals surface area contributed by atoms with Crippen LogP contribution in [0.2, 0.25) is 0 Å². The molecule has 2 saturated carbocycles. The Morgan fingerprint density at radius 3 is 2.47 bits per heavy atom. The van der Waals surface area contributed by atoms with Gasteiger partial charge in [0.05, 0.1) is 26.1 Å². The second kappa shape index (κ2) is 11.0. The number of carbonyl (C=O) groups is 1. The van der Waals surface area contributed by atoms with Gasteiger partial charge in [-0.05, 0) is 82.7 Å². The van der Waals surface area contributed by atoms with Crippen molar-refractivity contribution in [3.05, 3.63) is 59.5 Å². The molecular weight excluding hydrogens is 525 g/mol. The fourth-order valence-corrected chi connectivity index (χ4v) is 7.91. The lowest BCUT2D eigenvalue weighted by molar-refractivity contribution is 0.109. The first-order valence-corrected chi connectivity index (χ1v) is 15.4. The normalized spacial score (nSPS) is 19.8. The Balaban J connectivity index is 1.34. The molecule has 0 aliphatic heterocycles. The number of benzene rings is 2. The van der Waals surface area contributed by atoms with Gasteiger partial charge in [0.25, 0.3) is 0 Å². The van der Waals surface area contributed by atoms with Gasteiger partial charge in [-0.2, -0.15) is 0 Å². The number of halogens is 1. The van der Waals surface area contributed by atoms with E-state index in [2.05, 4.69) is 15.6 Å². The summed E-state index contributed by atoms with van der Waals surface area (Å²) in [7, 11) is -3.50. The average molecular weight is 558 g/mol. The first kappa shape index (κ1) is 26.6. The number of hydrogen-bond acceptors (Lipinski definition) is 7. The molecule has 3 aromatic rings. The van der Waals surface area contributed by atoms with Gasteiger partial charge in [0.1, 0.15) is 5.82 Å². The van der Waals surface area contributed by atoms with E-state index in [9.17, 15) is 17.6 Å². The molecule has 0 saturated heterocycles. The number of hydrogen-bond donors (Lipinski definition) is 2. The highest BCUT2D eigenvalue weighted by Crippen LogP contribution is 2.43. The van der Waals surface area contributed by atoms with Gasteiger partial charge < -0.3 is 15.4 Å². The van der Waals surface area contributed by atoms with E-state index in [0.717, 1.165) is 35.6 Å². The fourth-order valence-electron chi connectivity index (χ4n) is 4.83. The van der Waals surface area contributed by atoms with Gasteiger partial charge in [0, 0.05) is 35.1 Å². The maximum atomic E-state index is 13.7. The molecule has 5 rings (SSSR count). The van der Waals surface area contributed by atoms with Crippen LogP contribution < -0.4 is 10.6 Å². The van der Waals surface area contributed by atoms with Crippen molar-refractivity contribution in [2.24, 2.45) is 0 Å². The number of amides is 1. The molecule has 0 atom stereocenters. The molecule has 10 heteroatoms. The predicted molar refractivity (Wildman–Crippen MR) is 147 cm³/mol. The Labute approximate surface area is 226 Å². The third kappa shape index (κ3) is 6.18. The molecule has 2 aromatic carbocycles. The number of alkyl carbamates (subject to hydrolysis) is 1. The topological polar surface area (TPSA) is 97.4 Å². The molecule has 0 unspecified atom stereocenters. The van der Waals surface area contributed by atoms with Crippen molar-refractivity contribution in [3.8, 4) is 10.4 Å². The Bertz CT molecular complexity index is 1410. The van der Waals surface area contributed by atoms with Crippen molar-refractivity contribution in [1.82, 2.24) is 10.3 Å². The van der Waals surface area contributed by atoms with Crippen LogP contribution in [0.25, 0.3) is 10.4 Å². The average Bonchev–Trinajstić information content (AvgIpc) is 3.62. The van der Waals surface area contributed by atoms with Gasteiger partial charge in [0.2, 0.25) is 0 Å². The highest BCUT2D eigenvalue weighted by Gasteiger charge is 2.39. The fraction of sp³-hybridized carbons (Fsp3) is 0.429. The molecule has 1 amide bonds. The van der Waals surface area contributed by atoms with Crippen LogP contribution in [-0.4, -0.2) is 36.9 Å². The summed E-state index contributed by atoms with van der Waals surface area (Å²) in [6.07, 6.45) is 6.04. The van der Waals surface area contributed by atoms with E-state index in [1.54, 1.807) is 24.4 Å². The van der Waals surface area contributed by atoms with E-state index >= 15 is 0 Å². The van der Waals surface area contributed by atoms with Crippen LogP contribution in [-0.2, 0) is 14.6 Å². The monoisotopic (exact) mass is 557 g/mol. The number of rotatable bonds is 8. The molecule has 1 heterocycles. The van der Waals surface area contributed by atoms with Crippen molar-refractivity contribution >= 4 is 38.6 Å². The summed E-state index contributed by atoms with van der Waals surface area (Å²) in [6, 6.07) is 11.4. The minimum absolute atomic E-state index is 0.0883. The molecule has 202 valence electrons. The van der Waals surface area contributed by atoms with Gasteiger partial charge in [-0.1, -0.05) is 12.1 Å². The molecule has 2 aliphatic rings. The minimum atomic E-state index is -3.50. The van der Waals surface area contributed by atoms with Gasteiger partial charge in [-0.15, -0.1) is 11.3 Å². The Morgan fingerprint density at radius 2 is 1.79 bits per heavy atom. The van der Waals surface area contributed by atoms with E-state index in [-0.39, 0.29) is 40.1 Å². The summed E-state index contributed by atoms with van der Waals surface area (Å²) in [6.45, 7) is 3.65.